The lowest BCUT2D eigenvalue weighted by Gasteiger charge is -2.27. The maximum absolute atomic E-state index is 12.6. The van der Waals surface area contributed by atoms with Crippen LogP contribution in [0.25, 0.3) is 0 Å². The van der Waals surface area contributed by atoms with Gasteiger partial charge >= 0.3 is 6.18 Å². The number of carbonyl (C=O) groups is 1. The fourth-order valence-electron chi connectivity index (χ4n) is 2.37. The normalized spacial score (nSPS) is 18.9. The highest BCUT2D eigenvalue weighted by Gasteiger charge is 2.54. The summed E-state index contributed by atoms with van der Waals surface area (Å²) in [7, 11) is 3.79. The van der Waals surface area contributed by atoms with Crippen molar-refractivity contribution in [3.8, 4) is 0 Å². The van der Waals surface area contributed by atoms with Crippen LogP contribution in [0.5, 0.6) is 0 Å². The van der Waals surface area contributed by atoms with Gasteiger partial charge < -0.3 is 15.3 Å². The number of hydrogen-bond acceptors (Lipinski definition) is 3. The molecule has 1 atom stereocenters. The number of aliphatic hydroxyl groups is 1. The average Bonchev–Trinajstić information content (AvgIpc) is 3.25. The highest BCUT2D eigenvalue weighted by molar-refractivity contribution is 5.91. The molecule has 2 N–H and O–H groups in total. The van der Waals surface area contributed by atoms with Crippen molar-refractivity contribution in [2.24, 2.45) is 0 Å². The maximum atomic E-state index is 12.6. The van der Waals surface area contributed by atoms with E-state index in [2.05, 4.69) is 5.32 Å². The topological polar surface area (TPSA) is 52.6 Å². The number of carbonyl (C=O) groups excluding carboxylic acids is 1. The van der Waals surface area contributed by atoms with E-state index in [1.54, 1.807) is 0 Å². The molecule has 0 bridgehead atoms. The Balaban J connectivity index is 2.07. The van der Waals surface area contributed by atoms with Crippen molar-refractivity contribution in [3.63, 3.8) is 0 Å². The van der Waals surface area contributed by atoms with Crippen molar-refractivity contribution < 1.29 is 23.1 Å². The van der Waals surface area contributed by atoms with Gasteiger partial charge in [-0.3, -0.25) is 4.79 Å². The molecule has 128 valence electrons. The number of hydrogen-bond donors (Lipinski definition) is 2. The first-order valence-electron chi connectivity index (χ1n) is 7.35. The van der Waals surface area contributed by atoms with Crippen LogP contribution in [0.3, 0.4) is 0 Å². The lowest BCUT2D eigenvalue weighted by Crippen LogP contribution is -2.52. The third kappa shape index (κ3) is 3.44. The molecule has 1 saturated carbocycles. The summed E-state index contributed by atoms with van der Waals surface area (Å²) in [6, 6.07) is 7.39. The second-order valence-electron chi connectivity index (χ2n) is 6.48. The largest absolute Gasteiger partial charge is 0.418 e. The van der Waals surface area contributed by atoms with Gasteiger partial charge in [0.15, 0.2) is 5.60 Å². The van der Waals surface area contributed by atoms with Gasteiger partial charge in [-0.2, -0.15) is 13.2 Å². The van der Waals surface area contributed by atoms with Gasteiger partial charge in [-0.15, -0.1) is 0 Å². The fraction of sp³-hybridized carbons (Fsp3) is 0.562. The molecule has 1 amide bonds. The van der Waals surface area contributed by atoms with Crippen LogP contribution in [0.15, 0.2) is 24.3 Å². The van der Waals surface area contributed by atoms with E-state index >= 15 is 0 Å². The first-order valence-corrected chi connectivity index (χ1v) is 7.35. The van der Waals surface area contributed by atoms with Crippen LogP contribution in [0.4, 0.5) is 18.9 Å². The standard InChI is InChI=1S/C16H21F3N2O2/c1-14(23,16(17,18)19)10-20-13(22)15(8-9-15)11-4-6-12(7-5-11)21(2)3/h4-7,23H,8-10H2,1-3H3,(H,20,22)/t14-/m0/s1. The minimum Gasteiger partial charge on any atom is -0.379 e. The molecule has 0 saturated heterocycles. The number of nitrogens with zero attached hydrogens (tertiary/aromatic N) is 1. The molecule has 0 aromatic heterocycles. The minimum atomic E-state index is -4.79. The Hall–Kier alpha value is -1.76. The van der Waals surface area contributed by atoms with Crippen molar-refractivity contribution in [2.75, 3.05) is 25.5 Å². The van der Waals surface area contributed by atoms with E-state index in [0.29, 0.717) is 19.8 Å². The quantitative estimate of drug-likeness (QED) is 0.870. The summed E-state index contributed by atoms with van der Waals surface area (Å²) in [6.45, 7) is -0.203. The molecule has 0 radical (unpaired) electrons. The van der Waals surface area contributed by atoms with Gasteiger partial charge in [-0.1, -0.05) is 12.1 Å². The third-order valence-electron chi connectivity index (χ3n) is 4.32. The predicted octanol–water partition coefficient (Wildman–Crippen LogP) is 2.21. The smallest absolute Gasteiger partial charge is 0.379 e. The molecule has 0 spiro atoms. The van der Waals surface area contributed by atoms with Crippen molar-refractivity contribution in [1.82, 2.24) is 5.32 Å². The maximum Gasteiger partial charge on any atom is 0.418 e. The summed E-state index contributed by atoms with van der Waals surface area (Å²) in [6.07, 6.45) is -3.60. The lowest BCUT2D eigenvalue weighted by molar-refractivity contribution is -0.250. The first-order chi connectivity index (χ1) is 10.5. The molecule has 1 aromatic carbocycles. The van der Waals surface area contributed by atoms with Gasteiger partial charge in [-0.25, -0.2) is 0 Å². The van der Waals surface area contributed by atoms with E-state index in [1.807, 2.05) is 43.3 Å². The molecule has 0 aliphatic heterocycles. The number of halogens is 3. The summed E-state index contributed by atoms with van der Waals surface area (Å²) >= 11 is 0. The fourth-order valence-corrected chi connectivity index (χ4v) is 2.37. The van der Waals surface area contributed by atoms with E-state index < -0.39 is 29.6 Å². The second-order valence-corrected chi connectivity index (χ2v) is 6.48. The van der Waals surface area contributed by atoms with Gasteiger partial charge in [0.05, 0.1) is 12.0 Å². The first kappa shape index (κ1) is 17.6. The number of anilines is 1. The van der Waals surface area contributed by atoms with E-state index in [1.165, 1.54) is 0 Å². The molecule has 0 heterocycles. The van der Waals surface area contributed by atoms with Gasteiger partial charge in [0.25, 0.3) is 0 Å². The molecule has 23 heavy (non-hydrogen) atoms. The van der Waals surface area contributed by atoms with E-state index in [-0.39, 0.29) is 0 Å². The molecule has 7 heteroatoms. The average molecular weight is 330 g/mol. The summed E-state index contributed by atoms with van der Waals surface area (Å²) in [5.41, 5.74) is -1.95. The zero-order chi connectivity index (χ0) is 17.5. The van der Waals surface area contributed by atoms with Crippen LogP contribution < -0.4 is 10.2 Å². The van der Waals surface area contributed by atoms with Gasteiger partial charge in [-0.05, 0) is 37.5 Å². The molecule has 1 aliphatic carbocycles. The van der Waals surface area contributed by atoms with Gasteiger partial charge in [0.2, 0.25) is 5.91 Å². The Morgan fingerprint density at radius 2 is 1.78 bits per heavy atom. The minimum absolute atomic E-state index is 0.473. The number of rotatable bonds is 5. The third-order valence-corrected chi connectivity index (χ3v) is 4.32. The zero-order valence-corrected chi connectivity index (χ0v) is 13.4. The van der Waals surface area contributed by atoms with Crippen LogP contribution >= 0.6 is 0 Å². The Labute approximate surface area is 133 Å². The highest BCUT2D eigenvalue weighted by Crippen LogP contribution is 2.48. The monoisotopic (exact) mass is 330 g/mol. The van der Waals surface area contributed by atoms with Crippen molar-refractivity contribution >= 4 is 11.6 Å². The second kappa shape index (κ2) is 5.70. The van der Waals surface area contributed by atoms with Crippen LogP contribution in [0.1, 0.15) is 25.3 Å². The van der Waals surface area contributed by atoms with Crippen molar-refractivity contribution in [1.29, 1.82) is 0 Å². The lowest BCUT2D eigenvalue weighted by atomic mass is 9.94. The van der Waals surface area contributed by atoms with Crippen LogP contribution in [-0.2, 0) is 10.2 Å². The summed E-state index contributed by atoms with van der Waals surface area (Å²) in [5, 5.41) is 11.7. The Morgan fingerprint density at radius 3 is 2.17 bits per heavy atom. The van der Waals surface area contributed by atoms with Crippen molar-refractivity contribution in [2.45, 2.75) is 37.0 Å². The number of amides is 1. The Kier molecular flexibility index (Phi) is 4.36. The summed E-state index contributed by atoms with van der Waals surface area (Å²) in [4.78, 5) is 14.2. The molecule has 1 aliphatic rings. The van der Waals surface area contributed by atoms with Gasteiger partial charge in [0.1, 0.15) is 0 Å². The SMILES string of the molecule is CN(C)c1ccc(C2(C(=O)NC[C@](C)(O)C(F)(F)F)CC2)cc1. The summed E-state index contributed by atoms with van der Waals surface area (Å²) in [5.74, 6) is -0.473. The number of nitrogens with one attached hydrogen (secondary N) is 1. The molecular weight excluding hydrogens is 309 g/mol. The highest BCUT2D eigenvalue weighted by atomic mass is 19.4. The van der Waals surface area contributed by atoms with Crippen molar-refractivity contribution in [3.05, 3.63) is 29.8 Å². The van der Waals surface area contributed by atoms with E-state index in [9.17, 15) is 23.1 Å². The molecule has 0 unspecified atom stereocenters. The molecular formula is C16H21F3N2O2. The van der Waals surface area contributed by atoms with Crippen LogP contribution in [-0.4, -0.2) is 43.4 Å². The van der Waals surface area contributed by atoms with Gasteiger partial charge in [0, 0.05) is 19.8 Å². The Morgan fingerprint density at radius 1 is 1.26 bits per heavy atom. The summed E-state index contributed by atoms with van der Waals surface area (Å²) < 4.78 is 37.9. The zero-order valence-electron chi connectivity index (χ0n) is 13.4. The Bertz CT molecular complexity index is 576. The van der Waals surface area contributed by atoms with E-state index in [0.717, 1.165) is 11.3 Å². The number of benzene rings is 1. The molecule has 1 fully saturated rings. The molecule has 1 aromatic rings. The van der Waals surface area contributed by atoms with Crippen LogP contribution in [0, 0.1) is 0 Å². The van der Waals surface area contributed by atoms with E-state index in [4.69, 9.17) is 0 Å². The molecule has 4 nitrogen and oxygen atoms in total. The molecule has 2 rings (SSSR count). The number of alkyl halides is 3. The van der Waals surface area contributed by atoms with Crippen LogP contribution in [0.2, 0.25) is 0 Å². The predicted molar refractivity (Wildman–Crippen MR) is 81.4 cm³/mol.